The minimum absolute atomic E-state index is 0.114. The first-order valence-corrected chi connectivity index (χ1v) is 9.64. The maximum atomic E-state index is 12.1. The zero-order valence-electron chi connectivity index (χ0n) is 14.2. The Kier molecular flexibility index (Phi) is 6.75. The molecule has 0 atom stereocenters. The Balaban J connectivity index is 2.21. The van der Waals surface area contributed by atoms with E-state index >= 15 is 0 Å². The molecule has 0 aliphatic rings. The average molecular weight is 368 g/mol. The summed E-state index contributed by atoms with van der Waals surface area (Å²) in [7, 11) is 0. The number of benzene rings is 1. The highest BCUT2D eigenvalue weighted by atomic mass is 35.5. The molecule has 1 amide bonds. The molecule has 24 heavy (non-hydrogen) atoms. The minimum Gasteiger partial charge on any atom is -0.423 e. The molecule has 0 spiro atoms. The zero-order valence-corrected chi connectivity index (χ0v) is 15.8. The summed E-state index contributed by atoms with van der Waals surface area (Å²) < 4.78 is 5.30. The van der Waals surface area contributed by atoms with Crippen LogP contribution in [0.2, 0.25) is 5.02 Å². The van der Waals surface area contributed by atoms with E-state index < -0.39 is 0 Å². The van der Waals surface area contributed by atoms with Gasteiger partial charge in [0.15, 0.2) is 0 Å². The molecule has 1 aromatic carbocycles. The summed E-state index contributed by atoms with van der Waals surface area (Å²) in [6, 6.07) is 5.16. The van der Waals surface area contributed by atoms with Crippen LogP contribution >= 0.6 is 23.4 Å². The van der Waals surface area contributed by atoms with Crippen LogP contribution in [0.1, 0.15) is 31.9 Å². The fraction of sp³-hybridized carbons (Fsp3) is 0.444. The third-order valence-corrected chi connectivity index (χ3v) is 5.30. The lowest BCUT2D eigenvalue weighted by molar-refractivity contribution is -0.127. The van der Waals surface area contributed by atoms with Crippen LogP contribution < -0.4 is 5.63 Å². The molecule has 0 saturated carbocycles. The van der Waals surface area contributed by atoms with Crippen molar-refractivity contribution in [1.29, 1.82) is 0 Å². The van der Waals surface area contributed by atoms with Crippen LogP contribution in [0, 0.1) is 0 Å². The van der Waals surface area contributed by atoms with E-state index in [1.807, 2.05) is 32.9 Å². The maximum Gasteiger partial charge on any atom is 0.336 e. The van der Waals surface area contributed by atoms with E-state index in [1.165, 1.54) is 17.8 Å². The number of carbonyl (C=O) groups is 1. The van der Waals surface area contributed by atoms with Gasteiger partial charge in [-0.1, -0.05) is 18.5 Å². The van der Waals surface area contributed by atoms with Gasteiger partial charge in [-0.25, -0.2) is 4.79 Å². The Hall–Kier alpha value is -1.46. The molecule has 4 nitrogen and oxygen atoms in total. The number of aryl methyl sites for hydroxylation is 1. The van der Waals surface area contributed by atoms with Crippen LogP contribution in [0.25, 0.3) is 11.0 Å². The van der Waals surface area contributed by atoms with Gasteiger partial charge in [-0.15, -0.1) is 11.8 Å². The standard InChI is InChI=1S/C18H22ClNO3S/c1-4-12-7-16-14(9-15(12)19)13(8-18(22)23-16)10-24-11-17(21)20(5-2)6-3/h7-9H,4-6,10-11H2,1-3H3. The molecule has 0 aliphatic carbocycles. The number of amides is 1. The van der Waals surface area contributed by atoms with Crippen molar-refractivity contribution in [3.63, 3.8) is 0 Å². The fourth-order valence-electron chi connectivity index (χ4n) is 2.59. The van der Waals surface area contributed by atoms with Gasteiger partial charge in [0, 0.05) is 35.3 Å². The molecular weight excluding hydrogens is 346 g/mol. The predicted octanol–water partition coefficient (Wildman–Crippen LogP) is 4.11. The van der Waals surface area contributed by atoms with Crippen molar-refractivity contribution in [1.82, 2.24) is 4.90 Å². The molecule has 0 unspecified atom stereocenters. The topological polar surface area (TPSA) is 50.5 Å². The van der Waals surface area contributed by atoms with Crippen molar-refractivity contribution in [2.75, 3.05) is 18.8 Å². The van der Waals surface area contributed by atoms with Gasteiger partial charge in [-0.2, -0.15) is 0 Å². The Morgan fingerprint density at radius 2 is 1.88 bits per heavy atom. The van der Waals surface area contributed by atoms with Crippen LogP contribution in [-0.2, 0) is 17.0 Å². The quantitative estimate of drug-likeness (QED) is 0.691. The van der Waals surface area contributed by atoms with Crippen LogP contribution in [0.5, 0.6) is 0 Å². The molecule has 0 radical (unpaired) electrons. The summed E-state index contributed by atoms with van der Waals surface area (Å²) in [6.45, 7) is 7.36. The van der Waals surface area contributed by atoms with Crippen LogP contribution in [0.4, 0.5) is 0 Å². The van der Waals surface area contributed by atoms with Gasteiger partial charge >= 0.3 is 5.63 Å². The summed E-state index contributed by atoms with van der Waals surface area (Å²) in [5.41, 5.74) is 1.98. The van der Waals surface area contributed by atoms with Gasteiger partial charge < -0.3 is 9.32 Å². The first kappa shape index (κ1) is 18.9. The van der Waals surface area contributed by atoms with Gasteiger partial charge in [0.05, 0.1) is 5.75 Å². The third kappa shape index (κ3) is 4.33. The largest absolute Gasteiger partial charge is 0.423 e. The lowest BCUT2D eigenvalue weighted by Crippen LogP contribution is -2.31. The number of fused-ring (bicyclic) bond motifs is 1. The highest BCUT2D eigenvalue weighted by Crippen LogP contribution is 2.28. The molecule has 130 valence electrons. The van der Waals surface area contributed by atoms with Crippen molar-refractivity contribution in [2.24, 2.45) is 0 Å². The molecule has 6 heteroatoms. The van der Waals surface area contributed by atoms with E-state index in [9.17, 15) is 9.59 Å². The van der Waals surface area contributed by atoms with Crippen molar-refractivity contribution < 1.29 is 9.21 Å². The fourth-order valence-corrected chi connectivity index (χ4v) is 3.81. The average Bonchev–Trinajstić information content (AvgIpc) is 2.56. The number of rotatable bonds is 7. The Morgan fingerprint density at radius 3 is 2.50 bits per heavy atom. The first-order chi connectivity index (χ1) is 11.5. The van der Waals surface area contributed by atoms with Crippen molar-refractivity contribution in [3.05, 3.63) is 44.8 Å². The molecule has 0 fully saturated rings. The molecule has 0 saturated heterocycles. The smallest absolute Gasteiger partial charge is 0.336 e. The van der Waals surface area contributed by atoms with Crippen LogP contribution in [0.3, 0.4) is 0 Å². The van der Waals surface area contributed by atoms with E-state index in [2.05, 4.69) is 0 Å². The van der Waals surface area contributed by atoms with Gasteiger partial charge in [0.25, 0.3) is 0 Å². The molecular formula is C18H22ClNO3S. The van der Waals surface area contributed by atoms with E-state index in [0.29, 0.717) is 35.2 Å². The number of thioether (sulfide) groups is 1. The first-order valence-electron chi connectivity index (χ1n) is 8.10. The molecule has 1 aromatic heterocycles. The van der Waals surface area contributed by atoms with Crippen molar-refractivity contribution in [2.45, 2.75) is 32.9 Å². The lowest BCUT2D eigenvalue weighted by atomic mass is 10.1. The Morgan fingerprint density at radius 1 is 1.17 bits per heavy atom. The number of carbonyl (C=O) groups excluding carboxylic acids is 1. The van der Waals surface area contributed by atoms with Gasteiger partial charge in [0.2, 0.25) is 5.91 Å². The minimum atomic E-state index is -0.377. The molecule has 0 N–H and O–H groups in total. The molecule has 2 rings (SSSR count). The number of hydrogen-bond acceptors (Lipinski definition) is 4. The monoisotopic (exact) mass is 367 g/mol. The molecule has 0 bridgehead atoms. The second-order valence-corrected chi connectivity index (χ2v) is 6.84. The summed E-state index contributed by atoms with van der Waals surface area (Å²) in [6.07, 6.45) is 0.774. The normalized spacial score (nSPS) is 11.0. The zero-order chi connectivity index (χ0) is 17.7. The summed E-state index contributed by atoms with van der Waals surface area (Å²) in [5.74, 6) is 1.07. The molecule has 1 heterocycles. The van der Waals surface area contributed by atoms with E-state index in [4.69, 9.17) is 16.0 Å². The Bertz CT molecular complexity index is 784. The van der Waals surface area contributed by atoms with Gasteiger partial charge in [-0.05, 0) is 43.5 Å². The summed E-state index contributed by atoms with van der Waals surface area (Å²) >= 11 is 7.79. The number of halogens is 1. The number of nitrogens with zero attached hydrogens (tertiary/aromatic N) is 1. The number of hydrogen-bond donors (Lipinski definition) is 0. The lowest BCUT2D eigenvalue weighted by Gasteiger charge is -2.18. The Labute approximate surface area is 151 Å². The van der Waals surface area contributed by atoms with Gasteiger partial charge in [0.1, 0.15) is 5.58 Å². The molecule has 2 aromatic rings. The van der Waals surface area contributed by atoms with E-state index in [1.54, 1.807) is 4.90 Å². The summed E-state index contributed by atoms with van der Waals surface area (Å²) in [4.78, 5) is 25.7. The van der Waals surface area contributed by atoms with Crippen molar-refractivity contribution >= 4 is 40.2 Å². The highest BCUT2D eigenvalue weighted by molar-refractivity contribution is 7.99. The van der Waals surface area contributed by atoms with E-state index in [0.717, 1.165) is 22.9 Å². The van der Waals surface area contributed by atoms with E-state index in [-0.39, 0.29) is 11.5 Å². The maximum absolute atomic E-state index is 12.1. The molecule has 0 aliphatic heterocycles. The second kappa shape index (κ2) is 8.58. The SMILES string of the molecule is CCc1cc2oc(=O)cc(CSCC(=O)N(CC)CC)c2cc1Cl. The second-order valence-electron chi connectivity index (χ2n) is 5.44. The third-order valence-electron chi connectivity index (χ3n) is 3.98. The predicted molar refractivity (Wildman–Crippen MR) is 101 cm³/mol. The van der Waals surface area contributed by atoms with Crippen LogP contribution in [-0.4, -0.2) is 29.6 Å². The van der Waals surface area contributed by atoms with Crippen LogP contribution in [0.15, 0.2) is 27.4 Å². The van der Waals surface area contributed by atoms with Crippen molar-refractivity contribution in [3.8, 4) is 0 Å². The summed E-state index contributed by atoms with van der Waals surface area (Å²) in [5, 5.41) is 1.50. The highest BCUT2D eigenvalue weighted by Gasteiger charge is 2.12. The van der Waals surface area contributed by atoms with Gasteiger partial charge in [-0.3, -0.25) is 4.79 Å².